The van der Waals surface area contributed by atoms with Gasteiger partial charge in [-0.3, -0.25) is 0 Å². The molecule has 2 rings (SSSR count). The van der Waals surface area contributed by atoms with Crippen LogP contribution in [0.4, 0.5) is 0 Å². The van der Waals surface area contributed by atoms with Crippen LogP contribution < -0.4 is 5.32 Å². The molecule has 1 aromatic rings. The van der Waals surface area contributed by atoms with Crippen LogP contribution in [0.3, 0.4) is 0 Å². The van der Waals surface area contributed by atoms with Gasteiger partial charge in [0.2, 0.25) is 0 Å². The van der Waals surface area contributed by atoms with E-state index in [1.54, 1.807) is 0 Å². The summed E-state index contributed by atoms with van der Waals surface area (Å²) in [5.74, 6) is 0. The molecule has 0 aliphatic heterocycles. The van der Waals surface area contributed by atoms with Gasteiger partial charge in [-0.15, -0.1) is 12.4 Å². The largest absolute Gasteiger partial charge is 0.314 e. The topological polar surface area (TPSA) is 12.0 Å². The van der Waals surface area contributed by atoms with Gasteiger partial charge >= 0.3 is 0 Å². The Labute approximate surface area is 119 Å². The Hall–Kier alpha value is 0.0500. The molecule has 1 nitrogen and oxygen atoms in total. The summed E-state index contributed by atoms with van der Waals surface area (Å²) < 4.78 is 0. The maximum absolute atomic E-state index is 6.11. The smallest absolute Gasteiger partial charge is 0.0453 e. The zero-order chi connectivity index (χ0) is 11.4. The van der Waals surface area contributed by atoms with Crippen LogP contribution in [0.25, 0.3) is 0 Å². The van der Waals surface area contributed by atoms with Crippen LogP contribution >= 0.6 is 35.6 Å². The molecule has 1 fully saturated rings. The van der Waals surface area contributed by atoms with E-state index < -0.39 is 0 Å². The highest BCUT2D eigenvalue weighted by Gasteiger charge is 2.14. The van der Waals surface area contributed by atoms with E-state index in [4.69, 9.17) is 23.2 Å². The van der Waals surface area contributed by atoms with Gasteiger partial charge in [0.15, 0.2) is 0 Å². The van der Waals surface area contributed by atoms with Crippen molar-refractivity contribution < 1.29 is 0 Å². The van der Waals surface area contributed by atoms with Gasteiger partial charge < -0.3 is 5.32 Å². The molecule has 0 atom stereocenters. The van der Waals surface area contributed by atoms with Crippen LogP contribution in [-0.4, -0.2) is 12.6 Å². The third-order valence-electron chi connectivity index (χ3n) is 3.22. The number of hydrogen-bond acceptors (Lipinski definition) is 1. The van der Waals surface area contributed by atoms with Gasteiger partial charge in [0.1, 0.15) is 0 Å². The van der Waals surface area contributed by atoms with E-state index in [1.807, 2.05) is 18.2 Å². The Kier molecular flexibility index (Phi) is 6.65. The van der Waals surface area contributed by atoms with Crippen molar-refractivity contribution in [1.29, 1.82) is 0 Å². The molecular formula is C13H18Cl3N. The third kappa shape index (κ3) is 4.33. The van der Waals surface area contributed by atoms with Crippen molar-refractivity contribution in [1.82, 2.24) is 5.32 Å². The number of nitrogens with one attached hydrogen (secondary N) is 1. The highest BCUT2D eigenvalue weighted by atomic mass is 35.5. The predicted octanol–water partition coefficient (Wildman–Crippen LogP) is 4.49. The number of benzene rings is 1. The van der Waals surface area contributed by atoms with E-state index in [0.29, 0.717) is 6.04 Å². The molecule has 0 unspecified atom stereocenters. The second-order valence-electron chi connectivity index (χ2n) is 4.39. The van der Waals surface area contributed by atoms with Crippen LogP contribution in [0.2, 0.25) is 10.0 Å². The molecule has 0 aromatic heterocycles. The summed E-state index contributed by atoms with van der Waals surface area (Å²) in [5, 5.41) is 5.12. The minimum absolute atomic E-state index is 0. The second-order valence-corrected chi connectivity index (χ2v) is 5.20. The summed E-state index contributed by atoms with van der Waals surface area (Å²) >= 11 is 12.2. The maximum atomic E-state index is 6.11. The first kappa shape index (κ1) is 15.1. The first-order valence-electron chi connectivity index (χ1n) is 5.93. The average molecular weight is 295 g/mol. The lowest BCUT2D eigenvalue weighted by Crippen LogP contribution is -2.28. The molecular weight excluding hydrogens is 277 g/mol. The molecule has 1 saturated carbocycles. The molecule has 17 heavy (non-hydrogen) atoms. The summed E-state index contributed by atoms with van der Waals surface area (Å²) in [7, 11) is 0. The van der Waals surface area contributed by atoms with Crippen molar-refractivity contribution in [3.05, 3.63) is 33.8 Å². The Balaban J connectivity index is 0.00000144. The van der Waals surface area contributed by atoms with Crippen LogP contribution in [0.5, 0.6) is 0 Å². The van der Waals surface area contributed by atoms with E-state index in [9.17, 15) is 0 Å². The molecule has 0 bridgehead atoms. The van der Waals surface area contributed by atoms with Gasteiger partial charge in [0.25, 0.3) is 0 Å². The van der Waals surface area contributed by atoms with Crippen molar-refractivity contribution in [2.45, 2.75) is 38.1 Å². The third-order valence-corrected chi connectivity index (χ3v) is 3.93. The molecule has 0 amide bonds. The Bertz CT molecular complexity index is 328. The Morgan fingerprint density at radius 3 is 2.29 bits per heavy atom. The van der Waals surface area contributed by atoms with Crippen LogP contribution in [0.15, 0.2) is 18.2 Å². The predicted molar refractivity (Wildman–Crippen MR) is 77.7 cm³/mol. The number of rotatable bonds is 4. The van der Waals surface area contributed by atoms with E-state index in [2.05, 4.69) is 5.32 Å². The monoisotopic (exact) mass is 293 g/mol. The molecule has 4 heteroatoms. The maximum Gasteiger partial charge on any atom is 0.0453 e. The van der Waals surface area contributed by atoms with Crippen molar-refractivity contribution in [2.24, 2.45) is 0 Å². The SMILES string of the molecule is Cl.Clc1cccc(Cl)c1CCNC1CCCC1. The molecule has 0 saturated heterocycles. The summed E-state index contributed by atoms with van der Waals surface area (Å²) in [5.41, 5.74) is 1.07. The van der Waals surface area contributed by atoms with Crippen LogP contribution in [-0.2, 0) is 6.42 Å². The minimum atomic E-state index is 0. The van der Waals surface area contributed by atoms with Crippen molar-refractivity contribution in [3.8, 4) is 0 Å². The van der Waals surface area contributed by atoms with Crippen LogP contribution in [0, 0.1) is 0 Å². The Morgan fingerprint density at radius 2 is 1.71 bits per heavy atom. The van der Waals surface area contributed by atoms with E-state index in [-0.39, 0.29) is 12.4 Å². The average Bonchev–Trinajstić information content (AvgIpc) is 2.75. The summed E-state index contributed by atoms with van der Waals surface area (Å²) in [6.07, 6.45) is 6.27. The summed E-state index contributed by atoms with van der Waals surface area (Å²) in [6.45, 7) is 0.966. The summed E-state index contributed by atoms with van der Waals surface area (Å²) in [6, 6.07) is 6.40. The number of hydrogen-bond donors (Lipinski definition) is 1. The van der Waals surface area contributed by atoms with Gasteiger partial charge in [-0.25, -0.2) is 0 Å². The lowest BCUT2D eigenvalue weighted by molar-refractivity contribution is 0.528. The molecule has 0 radical (unpaired) electrons. The zero-order valence-electron chi connectivity index (χ0n) is 9.72. The normalized spacial score (nSPS) is 15.9. The van der Waals surface area contributed by atoms with Gasteiger partial charge in [0.05, 0.1) is 0 Å². The van der Waals surface area contributed by atoms with Gasteiger partial charge in [-0.1, -0.05) is 42.1 Å². The first-order valence-corrected chi connectivity index (χ1v) is 6.69. The molecule has 1 N–H and O–H groups in total. The van der Waals surface area contributed by atoms with Gasteiger partial charge in [-0.05, 0) is 43.5 Å². The fourth-order valence-corrected chi connectivity index (χ4v) is 2.89. The molecule has 0 heterocycles. The molecule has 1 aliphatic rings. The quantitative estimate of drug-likeness (QED) is 0.863. The second kappa shape index (κ2) is 7.48. The molecule has 96 valence electrons. The lowest BCUT2D eigenvalue weighted by Gasteiger charge is -2.12. The molecule has 1 aliphatic carbocycles. The standard InChI is InChI=1S/C13H17Cl2N.ClH/c14-12-6-3-7-13(15)11(12)8-9-16-10-4-1-2-5-10;/h3,6-7,10,16H,1-2,4-5,8-9H2;1H. The van der Waals surface area contributed by atoms with Crippen molar-refractivity contribution in [3.63, 3.8) is 0 Å². The lowest BCUT2D eigenvalue weighted by atomic mass is 10.1. The first-order chi connectivity index (χ1) is 7.77. The van der Waals surface area contributed by atoms with E-state index in [1.165, 1.54) is 25.7 Å². The number of halogens is 3. The van der Waals surface area contributed by atoms with Crippen LogP contribution in [0.1, 0.15) is 31.2 Å². The van der Waals surface area contributed by atoms with Gasteiger partial charge in [-0.2, -0.15) is 0 Å². The zero-order valence-corrected chi connectivity index (χ0v) is 12.0. The Morgan fingerprint density at radius 1 is 1.12 bits per heavy atom. The van der Waals surface area contributed by atoms with Crippen molar-refractivity contribution in [2.75, 3.05) is 6.54 Å². The fraction of sp³-hybridized carbons (Fsp3) is 0.538. The molecule has 1 aromatic carbocycles. The highest BCUT2D eigenvalue weighted by molar-refractivity contribution is 6.35. The fourth-order valence-electron chi connectivity index (χ4n) is 2.30. The minimum Gasteiger partial charge on any atom is -0.314 e. The summed E-state index contributed by atoms with van der Waals surface area (Å²) in [4.78, 5) is 0. The van der Waals surface area contributed by atoms with Crippen molar-refractivity contribution >= 4 is 35.6 Å². The van der Waals surface area contributed by atoms with Gasteiger partial charge in [0, 0.05) is 16.1 Å². The van der Waals surface area contributed by atoms with E-state index >= 15 is 0 Å². The van der Waals surface area contributed by atoms with E-state index in [0.717, 1.165) is 28.6 Å². The highest BCUT2D eigenvalue weighted by Crippen LogP contribution is 2.24. The molecule has 0 spiro atoms.